The van der Waals surface area contributed by atoms with Crippen LogP contribution in [0.4, 0.5) is 0 Å². The highest BCUT2D eigenvalue weighted by Gasteiger charge is 2.40. The zero-order valence-electron chi connectivity index (χ0n) is 39.8. The Morgan fingerprint density at radius 2 is 1.82 bits per heavy atom. The molecule has 1 aliphatic carbocycles. The van der Waals surface area contributed by atoms with Gasteiger partial charge in [-0.3, -0.25) is 34.1 Å². The van der Waals surface area contributed by atoms with Crippen LogP contribution in [0.2, 0.25) is 0 Å². The number of carbonyl (C=O) groups excluding carboxylic acids is 4. The standard InChI is InChI=1S/C53H67N7O6/c1-8-14-46(61)59-26-23-36(32-59)31-57(5)48(37-16-9-10-17-37)50(62)55-44-28-35-15-11-18-38(27-35)39-21-22-45-41(29-39)42(49(58(45)6)40-19-12-24-54-47(40)34(2)65-7)30-53(3,4)33-66-52(64)43-20-13-25-60(56-43)51(44)63/h11-12,15,18-19,21-22,24,27,29,34,36-37,43-44,48,56H,9-10,13,16-17,20,23,25-26,28,30-33H2,1-7H3,(H,55,62)/t34-,36?,43-,44-,48-/m0/s1. The molecule has 2 aromatic heterocycles. The maximum Gasteiger partial charge on any atom is 0.324 e. The number of likely N-dealkylation sites (N-methyl/N-ethyl adjacent to an activating group) is 1. The van der Waals surface area contributed by atoms with Crippen LogP contribution in [0, 0.1) is 29.1 Å². The lowest BCUT2D eigenvalue weighted by molar-refractivity contribution is -0.155. The van der Waals surface area contributed by atoms with E-state index in [1.165, 1.54) is 5.01 Å². The van der Waals surface area contributed by atoms with E-state index >= 15 is 0 Å². The molecule has 1 saturated carbocycles. The fraction of sp³-hybridized carbons (Fsp3) is 0.528. The van der Waals surface area contributed by atoms with Crippen LogP contribution >= 0.6 is 0 Å². The molecule has 6 bridgehead atoms. The van der Waals surface area contributed by atoms with Gasteiger partial charge < -0.3 is 24.3 Å². The van der Waals surface area contributed by atoms with Gasteiger partial charge >= 0.3 is 5.97 Å². The van der Waals surface area contributed by atoms with E-state index in [1.54, 1.807) is 25.1 Å². The van der Waals surface area contributed by atoms with Gasteiger partial charge in [-0.1, -0.05) is 62.9 Å². The van der Waals surface area contributed by atoms with Gasteiger partial charge in [0.2, 0.25) is 5.91 Å². The lowest BCUT2D eigenvalue weighted by atomic mass is 9.84. The quantitative estimate of drug-likeness (QED) is 0.140. The Balaban J connectivity index is 1.16. The molecule has 66 heavy (non-hydrogen) atoms. The third kappa shape index (κ3) is 10.1. The van der Waals surface area contributed by atoms with E-state index in [2.05, 4.69) is 89.3 Å². The second-order valence-corrected chi connectivity index (χ2v) is 19.9. The van der Waals surface area contributed by atoms with Gasteiger partial charge in [0.1, 0.15) is 12.1 Å². The molecule has 1 unspecified atom stereocenters. The van der Waals surface area contributed by atoms with Crippen molar-refractivity contribution in [2.45, 2.75) is 110 Å². The molecule has 350 valence electrons. The van der Waals surface area contributed by atoms with Crippen LogP contribution in [0.15, 0.2) is 60.8 Å². The lowest BCUT2D eigenvalue weighted by Gasteiger charge is -2.37. The topological polar surface area (TPSA) is 138 Å². The van der Waals surface area contributed by atoms with Gasteiger partial charge in [0.15, 0.2) is 0 Å². The van der Waals surface area contributed by atoms with Gasteiger partial charge in [0.25, 0.3) is 11.8 Å². The SMILES string of the molecule is CC#CC(=O)N1CCC(CN(C)[C@H](C(=O)N[C@H]2Cc3cccc(c3)-c3ccc4c(c3)c(c(-c3cccnc3[C@H](C)OC)n4C)CC(C)(C)COC(=O)[C@@H]3CCCN(N3)C2=O)C2CCCC2)C1. The van der Waals surface area contributed by atoms with Crippen molar-refractivity contribution in [1.82, 2.24) is 35.1 Å². The van der Waals surface area contributed by atoms with Gasteiger partial charge in [-0.2, -0.15) is 0 Å². The van der Waals surface area contributed by atoms with Crippen molar-refractivity contribution in [1.29, 1.82) is 0 Å². The molecule has 4 aliphatic rings. The number of esters is 1. The molecule has 2 saturated heterocycles. The number of likely N-dealkylation sites (tertiary alicyclic amines) is 1. The van der Waals surface area contributed by atoms with Crippen LogP contribution in [0.3, 0.4) is 0 Å². The molecule has 13 heteroatoms. The lowest BCUT2D eigenvalue weighted by Crippen LogP contribution is -2.62. The number of ether oxygens (including phenoxy) is 2. The molecule has 3 amide bonds. The molecule has 3 fully saturated rings. The van der Waals surface area contributed by atoms with Gasteiger partial charge in [-0.05, 0) is 124 Å². The molecule has 8 rings (SSSR count). The van der Waals surface area contributed by atoms with Crippen molar-refractivity contribution < 1.29 is 28.7 Å². The van der Waals surface area contributed by atoms with Crippen molar-refractivity contribution in [3.8, 4) is 34.2 Å². The number of rotatable bonds is 9. The third-order valence-electron chi connectivity index (χ3n) is 14.4. The van der Waals surface area contributed by atoms with Crippen molar-refractivity contribution in [3.05, 3.63) is 77.6 Å². The average Bonchev–Trinajstić information content (AvgIpc) is 4.08. The smallest absolute Gasteiger partial charge is 0.324 e. The van der Waals surface area contributed by atoms with Crippen LogP contribution in [-0.2, 0) is 48.5 Å². The molecule has 3 aliphatic heterocycles. The van der Waals surface area contributed by atoms with Crippen LogP contribution in [0.1, 0.15) is 95.6 Å². The fourth-order valence-corrected chi connectivity index (χ4v) is 11.0. The summed E-state index contributed by atoms with van der Waals surface area (Å²) >= 11 is 0. The maximum absolute atomic E-state index is 14.9. The Morgan fingerprint density at radius 3 is 2.59 bits per heavy atom. The van der Waals surface area contributed by atoms with Crippen LogP contribution in [0.25, 0.3) is 33.3 Å². The van der Waals surface area contributed by atoms with E-state index in [1.807, 2.05) is 32.2 Å². The highest BCUT2D eigenvalue weighted by atomic mass is 16.5. The summed E-state index contributed by atoms with van der Waals surface area (Å²) in [4.78, 5) is 65.0. The van der Waals surface area contributed by atoms with Crippen molar-refractivity contribution in [2.75, 3.05) is 46.9 Å². The van der Waals surface area contributed by atoms with E-state index in [4.69, 9.17) is 14.5 Å². The molecule has 0 spiro atoms. The Labute approximate surface area is 389 Å². The third-order valence-corrected chi connectivity index (χ3v) is 14.4. The first kappa shape index (κ1) is 47.0. The van der Waals surface area contributed by atoms with E-state index in [0.717, 1.165) is 82.2 Å². The highest BCUT2D eigenvalue weighted by molar-refractivity contribution is 5.96. The number of nitrogens with one attached hydrogen (secondary N) is 2. The predicted octanol–water partition coefficient (Wildman–Crippen LogP) is 6.63. The molecular weight excluding hydrogens is 831 g/mol. The second kappa shape index (κ2) is 20.1. The number of pyridine rings is 1. The minimum absolute atomic E-state index is 0.140. The van der Waals surface area contributed by atoms with Gasteiger partial charge in [0.05, 0.1) is 30.1 Å². The number of fused-ring (bicyclic) bond motifs is 6. The van der Waals surface area contributed by atoms with Crippen LogP contribution in [-0.4, -0.2) is 113 Å². The summed E-state index contributed by atoms with van der Waals surface area (Å²) in [5, 5.41) is 5.90. The number of methoxy groups -OCH3 is 1. The largest absolute Gasteiger partial charge is 0.464 e. The predicted molar refractivity (Wildman–Crippen MR) is 255 cm³/mol. The number of cyclic esters (lactones) is 1. The number of aromatic nitrogens is 2. The number of nitrogens with zero attached hydrogens (tertiary/aromatic N) is 5. The molecular formula is C53H67N7O6. The number of hydrogen-bond donors (Lipinski definition) is 2. The molecule has 2 N–H and O–H groups in total. The van der Waals surface area contributed by atoms with Gasteiger partial charge in [-0.25, -0.2) is 5.43 Å². The normalized spacial score (nSPS) is 22.4. The van der Waals surface area contributed by atoms with E-state index < -0.39 is 29.5 Å². The van der Waals surface area contributed by atoms with Gasteiger partial charge in [-0.15, -0.1) is 0 Å². The molecule has 4 aromatic rings. The Hall–Kier alpha value is -5.55. The first-order chi connectivity index (χ1) is 31.7. The first-order valence-electron chi connectivity index (χ1n) is 23.9. The number of benzene rings is 2. The molecule has 5 heterocycles. The maximum atomic E-state index is 14.9. The van der Waals surface area contributed by atoms with E-state index in [9.17, 15) is 19.2 Å². The second-order valence-electron chi connectivity index (χ2n) is 19.9. The average molecular weight is 898 g/mol. The van der Waals surface area contributed by atoms with Crippen molar-refractivity contribution in [3.63, 3.8) is 0 Å². The molecule has 0 radical (unpaired) electrons. The summed E-state index contributed by atoms with van der Waals surface area (Å²) in [5.41, 5.74) is 10.8. The summed E-state index contributed by atoms with van der Waals surface area (Å²) in [6.45, 7) is 10.4. The van der Waals surface area contributed by atoms with Crippen LogP contribution < -0.4 is 10.7 Å². The molecule has 2 aromatic carbocycles. The molecule has 13 nitrogen and oxygen atoms in total. The number of aryl methyl sites for hydroxylation is 1. The number of hydrazine groups is 1. The molecule has 5 atom stereocenters. The monoisotopic (exact) mass is 898 g/mol. The minimum Gasteiger partial charge on any atom is -0.464 e. The minimum atomic E-state index is -0.911. The number of hydrogen-bond acceptors (Lipinski definition) is 9. The first-order valence-corrected chi connectivity index (χ1v) is 23.9. The number of amides is 3. The summed E-state index contributed by atoms with van der Waals surface area (Å²) < 4.78 is 14.2. The highest BCUT2D eigenvalue weighted by Crippen LogP contribution is 2.41. The Kier molecular flexibility index (Phi) is 14.3. The van der Waals surface area contributed by atoms with E-state index in [-0.39, 0.29) is 48.7 Å². The van der Waals surface area contributed by atoms with Crippen LogP contribution in [0.5, 0.6) is 0 Å². The van der Waals surface area contributed by atoms with Crippen molar-refractivity contribution >= 4 is 34.6 Å². The summed E-state index contributed by atoms with van der Waals surface area (Å²) in [6.07, 6.45) is 8.37. The number of carbonyl (C=O) groups is 4. The zero-order valence-corrected chi connectivity index (χ0v) is 39.8. The Morgan fingerprint density at radius 1 is 1.03 bits per heavy atom. The van der Waals surface area contributed by atoms with E-state index in [0.29, 0.717) is 45.4 Å². The van der Waals surface area contributed by atoms with Crippen molar-refractivity contribution in [2.24, 2.45) is 24.3 Å². The summed E-state index contributed by atoms with van der Waals surface area (Å²) in [7, 11) is 5.79. The summed E-state index contributed by atoms with van der Waals surface area (Å²) in [6, 6.07) is 16.8. The fourth-order valence-electron chi connectivity index (χ4n) is 11.0. The Bertz CT molecular complexity index is 2520. The van der Waals surface area contributed by atoms with Gasteiger partial charge in [0, 0.05) is 74.8 Å². The zero-order chi connectivity index (χ0) is 46.7. The summed E-state index contributed by atoms with van der Waals surface area (Å²) in [5.74, 6) is 4.72.